The first kappa shape index (κ1) is 18.7. The molecule has 1 heterocycles. The number of carbonyl (C=O) groups is 1. The van der Waals surface area contributed by atoms with E-state index in [9.17, 15) is 4.79 Å². The molecule has 0 radical (unpaired) electrons. The molecular formula is C21H21NO2S2. The van der Waals surface area contributed by atoms with Crippen LogP contribution in [0.5, 0.6) is 11.5 Å². The summed E-state index contributed by atoms with van der Waals surface area (Å²) < 4.78 is 6.44. The van der Waals surface area contributed by atoms with Gasteiger partial charge >= 0.3 is 0 Å². The fourth-order valence-corrected chi connectivity index (χ4v) is 3.72. The second-order valence-electron chi connectivity index (χ2n) is 6.13. The maximum Gasteiger partial charge on any atom is 0.263 e. The standard InChI is InChI=1S/C21H21NO2S2/c1-2-3-4-6-15-9-11-17(12-10-15)24-18-8-5-7-16(13-18)14-19-20(23)22-21(25)26-19/h5,7-14H,2-4,6H2,1H3,(H,22,23,25). The van der Waals surface area contributed by atoms with Crippen LogP contribution in [0.2, 0.25) is 0 Å². The number of ether oxygens (including phenoxy) is 1. The minimum Gasteiger partial charge on any atom is -0.457 e. The number of nitrogens with one attached hydrogen (secondary N) is 1. The van der Waals surface area contributed by atoms with Crippen LogP contribution in [-0.4, -0.2) is 10.2 Å². The number of thioether (sulfide) groups is 1. The van der Waals surface area contributed by atoms with E-state index in [-0.39, 0.29) is 5.91 Å². The van der Waals surface area contributed by atoms with Crippen molar-refractivity contribution in [1.29, 1.82) is 0 Å². The van der Waals surface area contributed by atoms with Crippen molar-refractivity contribution >= 4 is 40.3 Å². The molecule has 1 fully saturated rings. The van der Waals surface area contributed by atoms with Gasteiger partial charge in [0, 0.05) is 0 Å². The molecule has 1 aliphatic heterocycles. The number of thiocarbonyl (C=S) groups is 1. The first-order chi connectivity index (χ1) is 12.6. The Bertz CT molecular complexity index is 828. The van der Waals surface area contributed by atoms with Crippen LogP contribution in [0.4, 0.5) is 0 Å². The van der Waals surface area contributed by atoms with E-state index in [1.807, 2.05) is 42.5 Å². The van der Waals surface area contributed by atoms with Crippen molar-refractivity contribution in [3.8, 4) is 11.5 Å². The molecule has 0 aromatic heterocycles. The minimum atomic E-state index is -0.148. The number of hydrogen-bond acceptors (Lipinski definition) is 4. The highest BCUT2D eigenvalue weighted by Crippen LogP contribution is 2.28. The summed E-state index contributed by atoms with van der Waals surface area (Å²) in [5.41, 5.74) is 2.24. The second kappa shape index (κ2) is 9.01. The summed E-state index contributed by atoms with van der Waals surface area (Å²) >= 11 is 6.29. The summed E-state index contributed by atoms with van der Waals surface area (Å²) in [5, 5.41) is 2.62. The van der Waals surface area contributed by atoms with Gasteiger partial charge in [-0.1, -0.05) is 68.0 Å². The molecular weight excluding hydrogens is 362 g/mol. The Hall–Kier alpha value is -2.11. The van der Waals surface area contributed by atoms with Gasteiger partial charge in [-0.3, -0.25) is 4.79 Å². The van der Waals surface area contributed by atoms with Crippen LogP contribution in [0.3, 0.4) is 0 Å². The van der Waals surface area contributed by atoms with Gasteiger partial charge in [0.05, 0.1) is 4.91 Å². The third kappa shape index (κ3) is 5.19. The van der Waals surface area contributed by atoms with Crippen molar-refractivity contribution in [2.24, 2.45) is 0 Å². The molecule has 1 saturated heterocycles. The Labute approximate surface area is 163 Å². The highest BCUT2D eigenvalue weighted by atomic mass is 32.2. The second-order valence-corrected chi connectivity index (χ2v) is 7.85. The Kier molecular flexibility index (Phi) is 6.47. The van der Waals surface area contributed by atoms with E-state index in [0.717, 1.165) is 23.5 Å². The number of aryl methyl sites for hydroxylation is 1. The first-order valence-electron chi connectivity index (χ1n) is 8.76. The molecule has 3 nitrogen and oxygen atoms in total. The largest absolute Gasteiger partial charge is 0.457 e. The SMILES string of the molecule is CCCCCc1ccc(Oc2cccc(C=C3SC(=S)NC3=O)c2)cc1. The molecule has 134 valence electrons. The maximum absolute atomic E-state index is 11.8. The smallest absolute Gasteiger partial charge is 0.263 e. The average molecular weight is 384 g/mol. The van der Waals surface area contributed by atoms with E-state index in [0.29, 0.717) is 9.23 Å². The van der Waals surface area contributed by atoms with Gasteiger partial charge in [0.25, 0.3) is 5.91 Å². The predicted molar refractivity (Wildman–Crippen MR) is 112 cm³/mol. The van der Waals surface area contributed by atoms with E-state index in [2.05, 4.69) is 24.4 Å². The molecule has 26 heavy (non-hydrogen) atoms. The highest BCUT2D eigenvalue weighted by Gasteiger charge is 2.21. The van der Waals surface area contributed by atoms with E-state index < -0.39 is 0 Å². The van der Waals surface area contributed by atoms with Gasteiger partial charge in [0.1, 0.15) is 15.8 Å². The van der Waals surface area contributed by atoms with Crippen LogP contribution < -0.4 is 10.1 Å². The number of amides is 1. The minimum absolute atomic E-state index is 0.148. The molecule has 0 saturated carbocycles. The van der Waals surface area contributed by atoms with Crippen molar-refractivity contribution < 1.29 is 9.53 Å². The van der Waals surface area contributed by atoms with Gasteiger partial charge in [-0.2, -0.15) is 0 Å². The normalized spacial score (nSPS) is 15.3. The van der Waals surface area contributed by atoms with Gasteiger partial charge in [-0.25, -0.2) is 0 Å². The molecule has 2 aromatic rings. The van der Waals surface area contributed by atoms with Crippen LogP contribution in [0.1, 0.15) is 37.3 Å². The first-order valence-corrected chi connectivity index (χ1v) is 9.98. The topological polar surface area (TPSA) is 38.3 Å². The Balaban J connectivity index is 1.66. The Morgan fingerprint density at radius 2 is 1.92 bits per heavy atom. The van der Waals surface area contributed by atoms with Crippen LogP contribution in [0, 0.1) is 0 Å². The van der Waals surface area contributed by atoms with Crippen molar-refractivity contribution in [1.82, 2.24) is 5.32 Å². The summed E-state index contributed by atoms with van der Waals surface area (Å²) in [4.78, 5) is 12.4. The molecule has 1 aliphatic rings. The summed E-state index contributed by atoms with van der Waals surface area (Å²) in [6.07, 6.45) is 6.66. The van der Waals surface area contributed by atoms with Gasteiger partial charge in [-0.15, -0.1) is 0 Å². The third-order valence-corrected chi connectivity index (χ3v) is 5.19. The molecule has 0 unspecified atom stereocenters. The summed E-state index contributed by atoms with van der Waals surface area (Å²) in [7, 11) is 0. The third-order valence-electron chi connectivity index (χ3n) is 4.03. The number of hydrogen-bond donors (Lipinski definition) is 1. The van der Waals surface area contributed by atoms with Crippen LogP contribution in [0.15, 0.2) is 53.4 Å². The van der Waals surface area contributed by atoms with Crippen molar-refractivity contribution in [3.05, 3.63) is 64.6 Å². The maximum atomic E-state index is 11.8. The van der Waals surface area contributed by atoms with Gasteiger partial charge < -0.3 is 10.1 Å². The quantitative estimate of drug-likeness (QED) is 0.378. The lowest BCUT2D eigenvalue weighted by Crippen LogP contribution is -2.17. The van der Waals surface area contributed by atoms with E-state index in [1.165, 1.54) is 36.6 Å². The Morgan fingerprint density at radius 1 is 1.12 bits per heavy atom. The Morgan fingerprint density at radius 3 is 2.62 bits per heavy atom. The lowest BCUT2D eigenvalue weighted by Gasteiger charge is -2.08. The molecule has 0 atom stereocenters. The monoisotopic (exact) mass is 383 g/mol. The van der Waals surface area contributed by atoms with E-state index in [1.54, 1.807) is 0 Å². The van der Waals surface area contributed by atoms with Crippen molar-refractivity contribution in [2.75, 3.05) is 0 Å². The number of rotatable bonds is 7. The molecule has 1 N–H and O–H groups in total. The molecule has 1 amide bonds. The zero-order valence-electron chi connectivity index (χ0n) is 14.7. The van der Waals surface area contributed by atoms with Gasteiger partial charge in [0.2, 0.25) is 0 Å². The zero-order chi connectivity index (χ0) is 18.4. The van der Waals surface area contributed by atoms with E-state index >= 15 is 0 Å². The van der Waals surface area contributed by atoms with Crippen molar-refractivity contribution in [3.63, 3.8) is 0 Å². The van der Waals surface area contributed by atoms with Crippen LogP contribution in [-0.2, 0) is 11.2 Å². The van der Waals surface area contributed by atoms with Gasteiger partial charge in [-0.05, 0) is 54.3 Å². The average Bonchev–Trinajstić information content (AvgIpc) is 2.94. The molecule has 0 aliphatic carbocycles. The molecule has 5 heteroatoms. The van der Waals surface area contributed by atoms with E-state index in [4.69, 9.17) is 17.0 Å². The highest BCUT2D eigenvalue weighted by molar-refractivity contribution is 8.26. The lowest BCUT2D eigenvalue weighted by atomic mass is 10.1. The lowest BCUT2D eigenvalue weighted by molar-refractivity contribution is -0.115. The molecule has 3 rings (SSSR count). The number of benzene rings is 2. The summed E-state index contributed by atoms with van der Waals surface area (Å²) in [6, 6.07) is 15.9. The van der Waals surface area contributed by atoms with Gasteiger partial charge in [0.15, 0.2) is 0 Å². The zero-order valence-corrected chi connectivity index (χ0v) is 16.3. The number of carbonyl (C=O) groups excluding carboxylic acids is 1. The van der Waals surface area contributed by atoms with Crippen LogP contribution >= 0.6 is 24.0 Å². The van der Waals surface area contributed by atoms with Crippen molar-refractivity contribution in [2.45, 2.75) is 32.6 Å². The van der Waals surface area contributed by atoms with Crippen LogP contribution in [0.25, 0.3) is 6.08 Å². The molecule has 2 aromatic carbocycles. The fraction of sp³-hybridized carbons (Fsp3) is 0.238. The summed E-state index contributed by atoms with van der Waals surface area (Å²) in [6.45, 7) is 2.22. The summed E-state index contributed by atoms with van der Waals surface area (Å²) in [5.74, 6) is 1.40. The number of unbranched alkanes of at least 4 members (excludes halogenated alkanes) is 2. The fourth-order valence-electron chi connectivity index (χ4n) is 2.68. The molecule has 0 bridgehead atoms. The predicted octanol–water partition coefficient (Wildman–Crippen LogP) is 5.70. The molecule has 0 spiro atoms.